The first-order chi connectivity index (χ1) is 18.5. The van der Waals surface area contributed by atoms with Gasteiger partial charge in [0.2, 0.25) is 11.5 Å². The Kier molecular flexibility index (Phi) is 8.66. The number of benzene rings is 3. The Labute approximate surface area is 223 Å². The third-order valence-corrected chi connectivity index (χ3v) is 6.66. The molecule has 0 fully saturated rings. The van der Waals surface area contributed by atoms with Gasteiger partial charge in [-0.3, -0.25) is 0 Å². The van der Waals surface area contributed by atoms with Crippen molar-refractivity contribution in [3.63, 3.8) is 0 Å². The van der Waals surface area contributed by atoms with Crippen molar-refractivity contribution in [2.24, 2.45) is 0 Å². The lowest BCUT2D eigenvalue weighted by Crippen LogP contribution is -2.08. The Balaban J connectivity index is 1.70. The second-order valence-electron chi connectivity index (χ2n) is 8.75. The van der Waals surface area contributed by atoms with Crippen molar-refractivity contribution in [3.8, 4) is 34.5 Å². The van der Waals surface area contributed by atoms with Gasteiger partial charge in [-0.15, -0.1) is 0 Å². The van der Waals surface area contributed by atoms with E-state index in [-0.39, 0.29) is 6.61 Å². The van der Waals surface area contributed by atoms with Gasteiger partial charge in [0.15, 0.2) is 23.0 Å². The molecule has 0 aliphatic carbocycles. The molecule has 1 heterocycles. The highest BCUT2D eigenvalue weighted by atomic mass is 16.5. The van der Waals surface area contributed by atoms with Gasteiger partial charge in [0.1, 0.15) is 18.8 Å². The maximum absolute atomic E-state index is 10.3. The molecule has 0 bridgehead atoms. The minimum absolute atomic E-state index is 0.172. The lowest BCUT2D eigenvalue weighted by molar-refractivity contribution is 0.0474. The molecular formula is C30H34O8. The van der Waals surface area contributed by atoms with Crippen molar-refractivity contribution in [2.75, 3.05) is 42.2 Å². The van der Waals surface area contributed by atoms with Crippen LogP contribution < -0.4 is 28.4 Å². The maximum Gasteiger partial charge on any atom is 0.203 e. The second-order valence-corrected chi connectivity index (χ2v) is 8.75. The smallest absolute Gasteiger partial charge is 0.203 e. The van der Waals surface area contributed by atoms with E-state index < -0.39 is 12.2 Å². The van der Waals surface area contributed by atoms with Gasteiger partial charge in [-0.05, 0) is 59.0 Å². The molecule has 1 N–H and O–H groups in total. The quantitative estimate of drug-likeness (QED) is 0.334. The average Bonchev–Trinajstić information content (AvgIpc) is 3.31. The Morgan fingerprint density at radius 1 is 0.684 bits per heavy atom. The highest BCUT2D eigenvalue weighted by Gasteiger charge is 2.36. The van der Waals surface area contributed by atoms with Crippen LogP contribution >= 0.6 is 0 Å². The van der Waals surface area contributed by atoms with E-state index in [0.717, 1.165) is 27.8 Å². The molecule has 0 saturated carbocycles. The molecule has 3 aromatic carbocycles. The molecule has 4 rings (SSSR count). The van der Waals surface area contributed by atoms with Gasteiger partial charge in [0.25, 0.3) is 0 Å². The summed E-state index contributed by atoms with van der Waals surface area (Å²) in [5, 5.41) is 10.3. The predicted molar refractivity (Wildman–Crippen MR) is 143 cm³/mol. The third kappa shape index (κ3) is 5.23. The van der Waals surface area contributed by atoms with Crippen molar-refractivity contribution in [3.05, 3.63) is 82.4 Å². The van der Waals surface area contributed by atoms with Crippen molar-refractivity contribution < 1.29 is 38.3 Å². The normalized spacial score (nSPS) is 16.8. The monoisotopic (exact) mass is 522 g/mol. The fourth-order valence-corrected chi connectivity index (χ4v) is 4.69. The van der Waals surface area contributed by atoms with Crippen LogP contribution in [0.1, 0.15) is 35.8 Å². The van der Waals surface area contributed by atoms with Crippen LogP contribution in [-0.4, -0.2) is 47.3 Å². The molecule has 2 atom stereocenters. The van der Waals surface area contributed by atoms with E-state index in [2.05, 4.69) is 0 Å². The molecule has 0 spiro atoms. The van der Waals surface area contributed by atoms with Crippen LogP contribution in [0.15, 0.2) is 65.7 Å². The fourth-order valence-electron chi connectivity index (χ4n) is 4.69. The molecule has 3 aromatic rings. The zero-order valence-corrected chi connectivity index (χ0v) is 22.6. The SMILES string of the molecule is COc1cc([C@@H]2O[C@@H](c3cc(OC)c(OCc4ccccc4)c(OC)c3)C(CO)=C2C)cc(OC)c1OC. The van der Waals surface area contributed by atoms with Crippen LogP contribution in [0.5, 0.6) is 34.5 Å². The van der Waals surface area contributed by atoms with E-state index in [9.17, 15) is 5.11 Å². The molecule has 0 unspecified atom stereocenters. The second kappa shape index (κ2) is 12.1. The number of aliphatic hydroxyl groups is 1. The van der Waals surface area contributed by atoms with Crippen molar-refractivity contribution in [1.82, 2.24) is 0 Å². The number of hydrogen-bond donors (Lipinski definition) is 1. The standard InChI is InChI=1S/C30H34O8/c1-18-22(16-31)28(38-27(18)20-12-23(32-2)29(36-6)24(13-20)33-3)21-14-25(34-4)30(26(15-21)35-5)37-17-19-10-8-7-9-11-19/h7-15,27-28,31H,16-17H2,1-6H3/t27-,28+/m1/s1. The van der Waals surface area contributed by atoms with Crippen LogP contribution in [0.2, 0.25) is 0 Å². The molecule has 1 aliphatic heterocycles. The number of rotatable bonds is 11. The number of methoxy groups -OCH3 is 5. The largest absolute Gasteiger partial charge is 0.493 e. The zero-order chi connectivity index (χ0) is 27.2. The minimum atomic E-state index is -0.532. The van der Waals surface area contributed by atoms with E-state index >= 15 is 0 Å². The van der Waals surface area contributed by atoms with Crippen LogP contribution in [0, 0.1) is 0 Å². The van der Waals surface area contributed by atoms with Gasteiger partial charge >= 0.3 is 0 Å². The van der Waals surface area contributed by atoms with E-state index in [4.69, 9.17) is 33.2 Å². The maximum atomic E-state index is 10.3. The fraction of sp³-hybridized carbons (Fsp3) is 0.333. The Hall–Kier alpha value is -3.88. The van der Waals surface area contributed by atoms with Crippen molar-refractivity contribution in [1.29, 1.82) is 0 Å². The predicted octanol–water partition coefficient (Wildman–Crippen LogP) is 5.43. The molecule has 0 saturated heterocycles. The third-order valence-electron chi connectivity index (χ3n) is 6.66. The van der Waals surface area contributed by atoms with Gasteiger partial charge in [0, 0.05) is 0 Å². The Morgan fingerprint density at radius 2 is 1.18 bits per heavy atom. The molecule has 0 radical (unpaired) electrons. The number of aliphatic hydroxyl groups excluding tert-OH is 1. The number of hydrogen-bond acceptors (Lipinski definition) is 8. The summed E-state index contributed by atoms with van der Waals surface area (Å²) < 4.78 is 40.6. The summed E-state index contributed by atoms with van der Waals surface area (Å²) >= 11 is 0. The summed E-state index contributed by atoms with van der Waals surface area (Å²) in [6.45, 7) is 2.14. The number of ether oxygens (including phenoxy) is 7. The summed E-state index contributed by atoms with van der Waals surface area (Å²) in [4.78, 5) is 0. The van der Waals surface area contributed by atoms with Crippen LogP contribution in [-0.2, 0) is 11.3 Å². The van der Waals surface area contributed by atoms with E-state index in [0.29, 0.717) is 41.1 Å². The molecule has 1 aliphatic rings. The first kappa shape index (κ1) is 27.2. The van der Waals surface area contributed by atoms with Gasteiger partial charge < -0.3 is 38.3 Å². The molecule has 0 amide bonds. The highest BCUT2D eigenvalue weighted by Crippen LogP contribution is 2.50. The molecule has 38 heavy (non-hydrogen) atoms. The van der Waals surface area contributed by atoms with Crippen LogP contribution in [0.25, 0.3) is 0 Å². The molecule has 202 valence electrons. The topological polar surface area (TPSA) is 84.8 Å². The van der Waals surface area contributed by atoms with Gasteiger partial charge in [-0.2, -0.15) is 0 Å². The summed E-state index contributed by atoms with van der Waals surface area (Å²) in [5.74, 6) is 3.05. The van der Waals surface area contributed by atoms with Gasteiger partial charge in [-0.25, -0.2) is 0 Å². The van der Waals surface area contributed by atoms with E-state index in [1.165, 1.54) is 0 Å². The molecule has 0 aromatic heterocycles. The van der Waals surface area contributed by atoms with Gasteiger partial charge in [0.05, 0.1) is 42.2 Å². The lowest BCUT2D eigenvalue weighted by Gasteiger charge is -2.22. The van der Waals surface area contributed by atoms with Gasteiger partial charge in [-0.1, -0.05) is 30.3 Å². The summed E-state index contributed by atoms with van der Waals surface area (Å²) in [7, 11) is 7.86. The Morgan fingerprint density at radius 3 is 1.66 bits per heavy atom. The molecule has 8 nitrogen and oxygen atoms in total. The van der Waals surface area contributed by atoms with E-state index in [1.807, 2.05) is 61.5 Å². The summed E-state index contributed by atoms with van der Waals surface area (Å²) in [6, 6.07) is 17.3. The summed E-state index contributed by atoms with van der Waals surface area (Å²) in [5.41, 5.74) is 4.25. The highest BCUT2D eigenvalue weighted by molar-refractivity contribution is 5.58. The van der Waals surface area contributed by atoms with E-state index in [1.54, 1.807) is 35.5 Å². The molecular weight excluding hydrogens is 488 g/mol. The van der Waals surface area contributed by atoms with Crippen molar-refractivity contribution >= 4 is 0 Å². The average molecular weight is 523 g/mol. The van der Waals surface area contributed by atoms with Crippen molar-refractivity contribution in [2.45, 2.75) is 25.7 Å². The first-order valence-electron chi connectivity index (χ1n) is 12.2. The Bertz CT molecular complexity index is 1230. The minimum Gasteiger partial charge on any atom is -0.493 e. The zero-order valence-electron chi connectivity index (χ0n) is 22.6. The lowest BCUT2D eigenvalue weighted by atomic mass is 9.96. The van der Waals surface area contributed by atoms with Crippen LogP contribution in [0.3, 0.4) is 0 Å². The molecule has 8 heteroatoms. The first-order valence-corrected chi connectivity index (χ1v) is 12.2. The van der Waals surface area contributed by atoms with Crippen LogP contribution in [0.4, 0.5) is 0 Å². The summed E-state index contributed by atoms with van der Waals surface area (Å²) in [6.07, 6.45) is -0.975.